The van der Waals surface area contributed by atoms with Gasteiger partial charge < -0.3 is 5.73 Å². The van der Waals surface area contributed by atoms with E-state index in [1.54, 1.807) is 0 Å². The fraction of sp³-hybridized carbons (Fsp3) is 0.176. The highest BCUT2D eigenvalue weighted by Gasteiger charge is 2.76. The third kappa shape index (κ3) is 4.99. The summed E-state index contributed by atoms with van der Waals surface area (Å²) in [6.45, 7) is 0. The van der Waals surface area contributed by atoms with Gasteiger partial charge in [-0.2, -0.15) is 0 Å². The van der Waals surface area contributed by atoms with Gasteiger partial charge in [-0.15, -0.1) is 0 Å². The van der Waals surface area contributed by atoms with Crippen LogP contribution in [-0.2, 0) is 9.59 Å². The summed E-state index contributed by atoms with van der Waals surface area (Å²) < 4.78 is 31.7. The predicted molar refractivity (Wildman–Crippen MR) is 171 cm³/mol. The van der Waals surface area contributed by atoms with E-state index in [0.717, 1.165) is 6.20 Å². The van der Waals surface area contributed by atoms with Crippen molar-refractivity contribution in [3.05, 3.63) is 116 Å². The number of hydrogen-bond acceptors (Lipinski definition) is 12. The van der Waals surface area contributed by atoms with Gasteiger partial charge in [-0.25, -0.2) is 28.7 Å². The minimum Gasteiger partial charge on any atom is -0.368 e. The molecule has 3 atom stereocenters. The number of carbonyl (C=O) groups is 2. The Bertz CT molecular complexity index is 2250. The van der Waals surface area contributed by atoms with Crippen molar-refractivity contribution in [1.82, 2.24) is 49.8 Å². The Morgan fingerprint density at radius 1 is 0.740 bits per heavy atom. The van der Waals surface area contributed by atoms with Crippen LogP contribution in [0, 0.1) is 17.6 Å². The molecule has 50 heavy (non-hydrogen) atoms. The smallest absolute Gasteiger partial charge is 0.245 e. The molecule has 16 heteroatoms. The second-order valence-electron chi connectivity index (χ2n) is 11.8. The average Bonchev–Trinajstić information content (AvgIpc) is 4.09. The van der Waals surface area contributed by atoms with Gasteiger partial charge in [0.2, 0.25) is 11.8 Å². The molecule has 0 radical (unpaired) electrons. The highest BCUT2D eigenvalue weighted by atomic mass is 19.1. The Morgan fingerprint density at radius 3 is 2.18 bits per heavy atom. The van der Waals surface area contributed by atoms with Gasteiger partial charge in [0.15, 0.2) is 17.5 Å². The Labute approximate surface area is 282 Å². The Kier molecular flexibility index (Phi) is 7.46. The number of nitrogens with zero attached hydrogens (tertiary/aromatic N) is 11. The first-order chi connectivity index (χ1) is 24.4. The van der Waals surface area contributed by atoms with Crippen molar-refractivity contribution in [2.45, 2.75) is 30.2 Å². The molecule has 2 amide bonds. The van der Waals surface area contributed by atoms with E-state index in [-0.39, 0.29) is 39.7 Å². The van der Waals surface area contributed by atoms with Crippen molar-refractivity contribution >= 4 is 17.6 Å². The standard InChI is InChI=1S/C34H24F2N12O2/c35-22-13-38-5-3-20(22)30-29(19-11-41-17-42-12-19)47-25(16-46-30)48(32(49)18-1-2-18)34(33(37)50)26(27(34)23-14-39-7-9-43-23)21-4-6-45-31(28(21)36)24-15-40-8-10-44-24/h3-18,26-27H,1-2H2,(H2,37,50). The number of primary amides is 1. The van der Waals surface area contributed by atoms with E-state index in [4.69, 9.17) is 10.7 Å². The molecule has 3 unspecified atom stereocenters. The number of amides is 2. The van der Waals surface area contributed by atoms with Gasteiger partial charge in [0.25, 0.3) is 0 Å². The maximum atomic E-state index is 16.6. The molecule has 2 aliphatic rings. The molecule has 14 nitrogen and oxygen atoms in total. The van der Waals surface area contributed by atoms with E-state index in [0.29, 0.717) is 24.1 Å². The fourth-order valence-electron chi connectivity index (χ4n) is 6.52. The number of carbonyl (C=O) groups excluding carboxylic acids is 2. The third-order valence-corrected chi connectivity index (χ3v) is 8.90. The first-order valence-electron chi connectivity index (χ1n) is 15.4. The normalized spacial score (nSPS) is 19.5. The number of aromatic nitrogens is 10. The van der Waals surface area contributed by atoms with Crippen molar-refractivity contribution in [3.63, 3.8) is 0 Å². The summed E-state index contributed by atoms with van der Waals surface area (Å²) in [7, 11) is 0. The van der Waals surface area contributed by atoms with Crippen LogP contribution in [0.2, 0.25) is 0 Å². The van der Waals surface area contributed by atoms with Gasteiger partial charge >= 0.3 is 0 Å². The van der Waals surface area contributed by atoms with Crippen molar-refractivity contribution in [2.24, 2.45) is 11.7 Å². The highest BCUT2D eigenvalue weighted by molar-refractivity contribution is 6.09. The van der Waals surface area contributed by atoms with E-state index in [9.17, 15) is 9.59 Å². The largest absolute Gasteiger partial charge is 0.368 e. The zero-order chi connectivity index (χ0) is 34.4. The first kappa shape index (κ1) is 30.7. The van der Waals surface area contributed by atoms with Crippen LogP contribution in [0.3, 0.4) is 0 Å². The number of rotatable bonds is 9. The maximum Gasteiger partial charge on any atom is 0.245 e. The minimum absolute atomic E-state index is 0.0452. The number of pyridine rings is 2. The first-order valence-corrected chi connectivity index (χ1v) is 15.4. The summed E-state index contributed by atoms with van der Waals surface area (Å²) in [6.07, 6.45) is 19.0. The second-order valence-corrected chi connectivity index (χ2v) is 11.8. The molecule has 0 spiro atoms. The molecule has 0 saturated heterocycles. The van der Waals surface area contributed by atoms with Gasteiger partial charge in [-0.3, -0.25) is 44.4 Å². The van der Waals surface area contributed by atoms with Crippen molar-refractivity contribution in [2.75, 3.05) is 4.90 Å². The predicted octanol–water partition coefficient (Wildman–Crippen LogP) is 3.46. The number of halogens is 2. The molecule has 8 rings (SSSR count). The van der Waals surface area contributed by atoms with Crippen LogP contribution in [0.5, 0.6) is 0 Å². The van der Waals surface area contributed by atoms with Gasteiger partial charge in [0, 0.05) is 84.7 Å². The molecule has 0 aliphatic heterocycles. The Morgan fingerprint density at radius 2 is 1.50 bits per heavy atom. The van der Waals surface area contributed by atoms with Crippen LogP contribution < -0.4 is 10.6 Å². The molecule has 2 aliphatic carbocycles. The topological polar surface area (TPSA) is 192 Å². The molecular formula is C34H24F2N12O2. The Balaban J connectivity index is 1.36. The molecule has 6 aromatic heterocycles. The summed E-state index contributed by atoms with van der Waals surface area (Å²) >= 11 is 0. The van der Waals surface area contributed by atoms with Crippen LogP contribution in [0.1, 0.15) is 35.9 Å². The van der Waals surface area contributed by atoms with Gasteiger partial charge in [0.05, 0.1) is 30.0 Å². The molecule has 2 fully saturated rings. The number of hydrogen-bond donors (Lipinski definition) is 1. The average molecular weight is 671 g/mol. The Hall–Kier alpha value is -6.58. The molecule has 2 saturated carbocycles. The SMILES string of the molecule is NC(=O)C1(N(C(=O)C2CC2)c2cnc(-c3ccncc3F)c(-c3cncnc3)n2)C(c2cnccn2)C1c1ccnc(-c2cnccn2)c1F. The number of nitrogens with two attached hydrogens (primary N) is 1. The molecule has 2 N–H and O–H groups in total. The zero-order valence-corrected chi connectivity index (χ0v) is 25.9. The molecule has 6 aromatic rings. The second kappa shape index (κ2) is 12.1. The molecular weight excluding hydrogens is 646 g/mol. The molecule has 6 heterocycles. The quantitative estimate of drug-likeness (QED) is 0.236. The highest BCUT2D eigenvalue weighted by Crippen LogP contribution is 2.67. The fourth-order valence-corrected chi connectivity index (χ4v) is 6.52. The van der Waals surface area contributed by atoms with E-state index in [2.05, 4.69) is 44.9 Å². The van der Waals surface area contributed by atoms with E-state index >= 15 is 8.78 Å². The number of anilines is 1. The van der Waals surface area contributed by atoms with E-state index < -0.39 is 46.7 Å². The van der Waals surface area contributed by atoms with Crippen LogP contribution in [0.15, 0.2) is 92.8 Å². The lowest BCUT2D eigenvalue weighted by atomic mass is 10.0. The van der Waals surface area contributed by atoms with Crippen LogP contribution in [0.25, 0.3) is 33.9 Å². The van der Waals surface area contributed by atoms with Crippen molar-refractivity contribution < 1.29 is 18.4 Å². The lowest BCUT2D eigenvalue weighted by molar-refractivity contribution is -0.126. The minimum atomic E-state index is -1.93. The van der Waals surface area contributed by atoms with Crippen LogP contribution in [-0.4, -0.2) is 67.2 Å². The lowest BCUT2D eigenvalue weighted by Crippen LogP contribution is -2.54. The van der Waals surface area contributed by atoms with Gasteiger partial charge in [0.1, 0.15) is 28.9 Å². The van der Waals surface area contributed by atoms with Crippen molar-refractivity contribution in [3.8, 4) is 33.9 Å². The van der Waals surface area contributed by atoms with Crippen molar-refractivity contribution in [1.29, 1.82) is 0 Å². The monoisotopic (exact) mass is 670 g/mol. The van der Waals surface area contributed by atoms with Crippen LogP contribution in [0.4, 0.5) is 14.6 Å². The lowest BCUT2D eigenvalue weighted by Gasteiger charge is -2.31. The van der Waals surface area contributed by atoms with Gasteiger partial charge in [-0.05, 0) is 30.5 Å². The molecule has 246 valence electrons. The molecule has 0 bridgehead atoms. The maximum absolute atomic E-state index is 16.6. The summed E-state index contributed by atoms with van der Waals surface area (Å²) in [6, 6.07) is 2.87. The summed E-state index contributed by atoms with van der Waals surface area (Å²) in [4.78, 5) is 72.3. The van der Waals surface area contributed by atoms with Gasteiger partial charge in [-0.1, -0.05) is 0 Å². The summed E-state index contributed by atoms with van der Waals surface area (Å²) in [5.74, 6) is -5.40. The van der Waals surface area contributed by atoms with E-state index in [1.165, 1.54) is 91.5 Å². The zero-order valence-electron chi connectivity index (χ0n) is 25.9. The third-order valence-electron chi connectivity index (χ3n) is 8.90. The summed E-state index contributed by atoms with van der Waals surface area (Å²) in [5.41, 5.74) is 5.45. The molecule has 0 aromatic carbocycles. The summed E-state index contributed by atoms with van der Waals surface area (Å²) in [5, 5.41) is 0. The van der Waals surface area contributed by atoms with Crippen LogP contribution >= 0.6 is 0 Å². The van der Waals surface area contributed by atoms with E-state index in [1.807, 2.05) is 0 Å².